The first-order valence-electron chi connectivity index (χ1n) is 10.1. The van der Waals surface area contributed by atoms with Crippen LogP contribution in [0.25, 0.3) is 0 Å². The van der Waals surface area contributed by atoms with E-state index in [1.54, 1.807) is 7.11 Å². The van der Waals surface area contributed by atoms with Gasteiger partial charge in [0.1, 0.15) is 5.75 Å². The van der Waals surface area contributed by atoms with Gasteiger partial charge in [-0.25, -0.2) is 0 Å². The molecule has 1 aromatic rings. The predicted molar refractivity (Wildman–Crippen MR) is 105 cm³/mol. The second kappa shape index (κ2) is 9.74. The molecule has 2 saturated heterocycles. The first kappa shape index (κ1) is 19.7. The van der Waals surface area contributed by atoms with Gasteiger partial charge in [-0.15, -0.1) is 0 Å². The van der Waals surface area contributed by atoms with Crippen molar-refractivity contribution in [3.8, 4) is 5.75 Å². The van der Waals surface area contributed by atoms with Crippen LogP contribution < -0.4 is 10.1 Å². The Kier molecular flexibility index (Phi) is 7.10. The van der Waals surface area contributed by atoms with E-state index in [1.165, 1.54) is 0 Å². The van der Waals surface area contributed by atoms with Crippen LogP contribution in [-0.4, -0.2) is 67.5 Å². The second-order valence-corrected chi connectivity index (χ2v) is 7.41. The van der Waals surface area contributed by atoms with Crippen LogP contribution in [0.5, 0.6) is 5.75 Å². The lowest BCUT2D eigenvalue weighted by atomic mass is 10.0. The van der Waals surface area contributed by atoms with Gasteiger partial charge in [0.2, 0.25) is 11.8 Å². The first-order valence-corrected chi connectivity index (χ1v) is 10.1. The number of amides is 2. The third kappa shape index (κ3) is 5.45. The van der Waals surface area contributed by atoms with E-state index in [4.69, 9.17) is 4.74 Å². The van der Waals surface area contributed by atoms with Gasteiger partial charge < -0.3 is 19.9 Å². The quantitative estimate of drug-likeness (QED) is 0.855. The predicted octanol–water partition coefficient (Wildman–Crippen LogP) is 1.83. The van der Waals surface area contributed by atoms with Gasteiger partial charge in [-0.2, -0.15) is 0 Å². The lowest BCUT2D eigenvalue weighted by molar-refractivity contribution is -0.135. The Morgan fingerprint density at radius 1 is 1.04 bits per heavy atom. The zero-order valence-electron chi connectivity index (χ0n) is 16.3. The highest BCUT2D eigenvalue weighted by Gasteiger charge is 2.28. The van der Waals surface area contributed by atoms with E-state index < -0.39 is 0 Å². The summed E-state index contributed by atoms with van der Waals surface area (Å²) in [5.74, 6) is 1.22. The number of rotatable bonds is 5. The van der Waals surface area contributed by atoms with E-state index in [2.05, 4.69) is 5.32 Å². The number of carbonyl (C=O) groups excluding carboxylic acids is 2. The maximum absolute atomic E-state index is 12.7. The van der Waals surface area contributed by atoms with Gasteiger partial charge in [0.05, 0.1) is 13.2 Å². The molecular weight excluding hydrogens is 342 g/mol. The van der Waals surface area contributed by atoms with Crippen LogP contribution in [0, 0.1) is 0 Å². The van der Waals surface area contributed by atoms with E-state index in [1.807, 2.05) is 34.1 Å². The van der Waals surface area contributed by atoms with E-state index in [9.17, 15) is 9.59 Å². The molecule has 6 nitrogen and oxygen atoms in total. The Morgan fingerprint density at radius 3 is 2.48 bits per heavy atom. The third-order valence-electron chi connectivity index (χ3n) is 5.56. The van der Waals surface area contributed by atoms with Gasteiger partial charge in [0, 0.05) is 32.6 Å². The van der Waals surface area contributed by atoms with Crippen molar-refractivity contribution in [2.45, 2.75) is 44.6 Å². The summed E-state index contributed by atoms with van der Waals surface area (Å²) in [7, 11) is 1.65. The van der Waals surface area contributed by atoms with Gasteiger partial charge >= 0.3 is 0 Å². The van der Waals surface area contributed by atoms with Crippen molar-refractivity contribution in [2.24, 2.45) is 0 Å². The van der Waals surface area contributed by atoms with Crippen LogP contribution in [-0.2, 0) is 16.0 Å². The largest absolute Gasteiger partial charge is 0.497 e. The van der Waals surface area contributed by atoms with Crippen molar-refractivity contribution < 1.29 is 14.3 Å². The number of nitrogens with one attached hydrogen (secondary N) is 1. The van der Waals surface area contributed by atoms with Crippen molar-refractivity contribution >= 4 is 11.8 Å². The Labute approximate surface area is 161 Å². The number of ether oxygens (including phenoxy) is 1. The second-order valence-electron chi connectivity index (χ2n) is 7.41. The molecule has 1 aromatic carbocycles. The maximum Gasteiger partial charge on any atom is 0.239 e. The minimum Gasteiger partial charge on any atom is -0.497 e. The molecule has 2 amide bonds. The number of methoxy groups -OCH3 is 1. The van der Waals surface area contributed by atoms with Crippen molar-refractivity contribution in [2.75, 3.05) is 39.8 Å². The molecule has 27 heavy (non-hydrogen) atoms. The number of hydrogen-bond acceptors (Lipinski definition) is 4. The van der Waals surface area contributed by atoms with Gasteiger partial charge in [-0.05, 0) is 49.9 Å². The fourth-order valence-electron chi connectivity index (χ4n) is 3.87. The summed E-state index contributed by atoms with van der Waals surface area (Å²) in [6.45, 7) is 3.70. The molecule has 6 heteroatoms. The van der Waals surface area contributed by atoms with E-state index in [0.29, 0.717) is 19.5 Å². The highest BCUT2D eigenvalue weighted by Crippen LogP contribution is 2.15. The Hall–Kier alpha value is -2.08. The molecule has 0 saturated carbocycles. The smallest absolute Gasteiger partial charge is 0.239 e. The van der Waals surface area contributed by atoms with Crippen molar-refractivity contribution in [1.29, 1.82) is 0 Å². The highest BCUT2D eigenvalue weighted by atomic mass is 16.5. The minimum atomic E-state index is -0.0314. The molecule has 2 aliphatic heterocycles. The van der Waals surface area contributed by atoms with Crippen LogP contribution in [0.3, 0.4) is 0 Å². The van der Waals surface area contributed by atoms with Gasteiger partial charge in [0.25, 0.3) is 0 Å². The summed E-state index contributed by atoms with van der Waals surface area (Å²) in [4.78, 5) is 29.2. The molecule has 1 N–H and O–H groups in total. The van der Waals surface area contributed by atoms with Gasteiger partial charge in [0.15, 0.2) is 0 Å². The lowest BCUT2D eigenvalue weighted by Gasteiger charge is -2.29. The molecule has 148 valence electrons. The molecule has 0 bridgehead atoms. The summed E-state index contributed by atoms with van der Waals surface area (Å²) >= 11 is 0. The van der Waals surface area contributed by atoms with Crippen molar-refractivity contribution in [3.63, 3.8) is 0 Å². The van der Waals surface area contributed by atoms with E-state index >= 15 is 0 Å². The number of aryl methyl sites for hydroxylation is 1. The standard InChI is InChI=1S/C21H31N3O3/c1-27-18-9-6-17(7-10-18)8-11-20(25)23-13-4-14-24(16-15-23)21(26)19-5-2-3-12-22-19/h6-7,9-10,19,22H,2-5,8,11-16H2,1H3. The number of carbonyl (C=O) groups is 2. The molecule has 2 fully saturated rings. The third-order valence-corrected chi connectivity index (χ3v) is 5.56. The average Bonchev–Trinajstić information content (AvgIpc) is 2.99. The molecule has 1 atom stereocenters. The molecule has 3 rings (SSSR count). The molecule has 0 aliphatic carbocycles. The van der Waals surface area contributed by atoms with Crippen LogP contribution >= 0.6 is 0 Å². The summed E-state index contributed by atoms with van der Waals surface area (Å²) in [6, 6.07) is 7.83. The zero-order chi connectivity index (χ0) is 19.1. The number of piperidine rings is 1. The maximum atomic E-state index is 12.7. The summed E-state index contributed by atoms with van der Waals surface area (Å²) in [5, 5.41) is 3.34. The fraction of sp³-hybridized carbons (Fsp3) is 0.619. The van der Waals surface area contributed by atoms with Crippen LogP contribution in [0.2, 0.25) is 0 Å². The molecule has 0 radical (unpaired) electrons. The molecule has 0 spiro atoms. The van der Waals surface area contributed by atoms with Crippen LogP contribution in [0.1, 0.15) is 37.7 Å². The van der Waals surface area contributed by atoms with Crippen molar-refractivity contribution in [1.82, 2.24) is 15.1 Å². The molecule has 2 heterocycles. The molecule has 1 unspecified atom stereocenters. The molecule has 2 aliphatic rings. The number of nitrogens with zero attached hydrogens (tertiary/aromatic N) is 2. The molecular formula is C21H31N3O3. The molecule has 0 aromatic heterocycles. The minimum absolute atomic E-state index is 0.0314. The highest BCUT2D eigenvalue weighted by molar-refractivity contribution is 5.82. The van der Waals surface area contributed by atoms with Gasteiger partial charge in [-0.1, -0.05) is 18.6 Å². The van der Waals surface area contributed by atoms with Crippen molar-refractivity contribution in [3.05, 3.63) is 29.8 Å². The van der Waals surface area contributed by atoms with E-state index in [-0.39, 0.29) is 17.9 Å². The fourth-order valence-corrected chi connectivity index (χ4v) is 3.87. The number of hydrogen-bond donors (Lipinski definition) is 1. The normalized spacial score (nSPS) is 20.9. The van der Waals surface area contributed by atoms with Crippen LogP contribution in [0.15, 0.2) is 24.3 Å². The summed E-state index contributed by atoms with van der Waals surface area (Å²) in [5.41, 5.74) is 1.14. The Morgan fingerprint density at radius 2 is 1.78 bits per heavy atom. The average molecular weight is 373 g/mol. The summed E-state index contributed by atoms with van der Waals surface area (Å²) < 4.78 is 5.17. The monoisotopic (exact) mass is 373 g/mol. The number of benzene rings is 1. The Bertz CT molecular complexity index is 626. The zero-order valence-corrected chi connectivity index (χ0v) is 16.3. The first-order chi connectivity index (χ1) is 13.2. The Balaban J connectivity index is 1.46. The van der Waals surface area contributed by atoms with E-state index in [0.717, 1.165) is 63.1 Å². The van der Waals surface area contributed by atoms with Gasteiger partial charge in [-0.3, -0.25) is 9.59 Å². The summed E-state index contributed by atoms with van der Waals surface area (Å²) in [6.07, 6.45) is 5.29. The topological polar surface area (TPSA) is 61.9 Å². The SMILES string of the molecule is COc1ccc(CCC(=O)N2CCCN(C(=O)C3CCCCN3)CC2)cc1. The van der Waals surface area contributed by atoms with Crippen LogP contribution in [0.4, 0.5) is 0 Å². The lowest BCUT2D eigenvalue weighted by Crippen LogP contribution is -2.49.